The van der Waals surface area contributed by atoms with Crippen LogP contribution in [0.5, 0.6) is 0 Å². The summed E-state index contributed by atoms with van der Waals surface area (Å²) < 4.78 is 12.0. The summed E-state index contributed by atoms with van der Waals surface area (Å²) in [5.74, 6) is 0. The molecule has 0 amide bonds. The molecule has 0 spiro atoms. The van der Waals surface area contributed by atoms with Gasteiger partial charge in [-0.2, -0.15) is 0 Å². The molecule has 0 fully saturated rings. The Balaban J connectivity index is 2.35. The highest BCUT2D eigenvalue weighted by Crippen LogP contribution is 2.18. The van der Waals surface area contributed by atoms with Crippen LogP contribution >= 0.6 is 0 Å². The van der Waals surface area contributed by atoms with Gasteiger partial charge in [-0.05, 0) is 24.5 Å². The third-order valence-corrected chi connectivity index (χ3v) is 2.25. The van der Waals surface area contributed by atoms with Crippen molar-refractivity contribution < 1.29 is 4.39 Å². The Hall–Kier alpha value is -1.31. The molecule has 13 heavy (non-hydrogen) atoms. The molecule has 0 saturated heterocycles. The molecule has 1 aromatic carbocycles. The van der Waals surface area contributed by atoms with E-state index in [1.54, 1.807) is 0 Å². The number of aromatic amines is 1. The summed E-state index contributed by atoms with van der Waals surface area (Å²) >= 11 is 0. The number of hydrogen-bond donors (Lipinski definition) is 1. The molecule has 0 aliphatic carbocycles. The number of aryl methyl sites for hydroxylation is 1. The minimum atomic E-state index is -0.237. The lowest BCUT2D eigenvalue weighted by atomic mass is 10.1. The molecular formula is C11H12FN. The summed E-state index contributed by atoms with van der Waals surface area (Å²) in [6.07, 6.45) is 3.41. The Labute approximate surface area is 76.6 Å². The standard InChI is InChI=1S/C11H12FN/c12-7-3-4-9-8-13-11-6-2-1-5-10(9)11/h1-2,5-6,8,13H,3-4,7H2. The lowest BCUT2D eigenvalue weighted by Crippen LogP contribution is -1.83. The van der Waals surface area contributed by atoms with Gasteiger partial charge in [-0.1, -0.05) is 18.2 Å². The smallest absolute Gasteiger partial charge is 0.0897 e. The van der Waals surface area contributed by atoms with E-state index in [1.807, 2.05) is 24.4 Å². The predicted octanol–water partition coefficient (Wildman–Crippen LogP) is 3.07. The number of alkyl halides is 1. The van der Waals surface area contributed by atoms with Crippen molar-refractivity contribution in [3.05, 3.63) is 36.0 Å². The van der Waals surface area contributed by atoms with Gasteiger partial charge in [0.05, 0.1) is 6.67 Å². The monoisotopic (exact) mass is 177 g/mol. The molecule has 0 radical (unpaired) electrons. The van der Waals surface area contributed by atoms with Crippen LogP contribution in [0.25, 0.3) is 10.9 Å². The number of para-hydroxylation sites is 1. The van der Waals surface area contributed by atoms with Crippen LogP contribution in [0, 0.1) is 0 Å². The van der Waals surface area contributed by atoms with Crippen LogP contribution in [-0.4, -0.2) is 11.7 Å². The molecule has 2 aromatic rings. The first-order valence-corrected chi connectivity index (χ1v) is 4.53. The summed E-state index contributed by atoms with van der Waals surface area (Å²) in [4.78, 5) is 3.17. The Morgan fingerprint density at radius 3 is 2.92 bits per heavy atom. The number of benzene rings is 1. The molecule has 2 heteroatoms. The topological polar surface area (TPSA) is 15.8 Å². The predicted molar refractivity (Wildman–Crippen MR) is 52.6 cm³/mol. The zero-order chi connectivity index (χ0) is 9.10. The van der Waals surface area contributed by atoms with Crippen molar-refractivity contribution >= 4 is 10.9 Å². The second-order valence-electron chi connectivity index (χ2n) is 3.15. The molecular weight excluding hydrogens is 165 g/mol. The maximum atomic E-state index is 12.0. The fourth-order valence-corrected chi connectivity index (χ4v) is 1.60. The van der Waals surface area contributed by atoms with Gasteiger partial charge in [0, 0.05) is 17.1 Å². The Morgan fingerprint density at radius 1 is 1.23 bits per heavy atom. The van der Waals surface area contributed by atoms with Gasteiger partial charge in [0.2, 0.25) is 0 Å². The summed E-state index contributed by atoms with van der Waals surface area (Å²) in [6, 6.07) is 8.11. The molecule has 0 aliphatic heterocycles. The zero-order valence-corrected chi connectivity index (χ0v) is 7.39. The SMILES string of the molecule is FCCCc1c[nH]c2ccccc12. The minimum Gasteiger partial charge on any atom is -0.361 e. The first-order chi connectivity index (χ1) is 6.42. The van der Waals surface area contributed by atoms with Gasteiger partial charge in [-0.25, -0.2) is 0 Å². The highest BCUT2D eigenvalue weighted by molar-refractivity contribution is 5.82. The first kappa shape index (κ1) is 8.30. The fourth-order valence-electron chi connectivity index (χ4n) is 1.60. The zero-order valence-electron chi connectivity index (χ0n) is 7.39. The molecule has 0 bridgehead atoms. The van der Waals surface area contributed by atoms with E-state index in [0.717, 1.165) is 11.9 Å². The fraction of sp³-hybridized carbons (Fsp3) is 0.273. The maximum Gasteiger partial charge on any atom is 0.0897 e. The van der Waals surface area contributed by atoms with Crippen molar-refractivity contribution in [3.63, 3.8) is 0 Å². The lowest BCUT2D eigenvalue weighted by molar-refractivity contribution is 0.473. The van der Waals surface area contributed by atoms with Gasteiger partial charge in [0.1, 0.15) is 0 Å². The second kappa shape index (κ2) is 3.60. The van der Waals surface area contributed by atoms with Crippen LogP contribution in [0.4, 0.5) is 4.39 Å². The average Bonchev–Trinajstić information content (AvgIpc) is 2.58. The van der Waals surface area contributed by atoms with Crippen molar-refractivity contribution in [2.45, 2.75) is 12.8 Å². The molecule has 2 rings (SSSR count). The van der Waals surface area contributed by atoms with Crippen LogP contribution in [0.3, 0.4) is 0 Å². The highest BCUT2D eigenvalue weighted by Gasteiger charge is 2.01. The maximum absolute atomic E-state index is 12.0. The van der Waals surface area contributed by atoms with Crippen LogP contribution in [0.2, 0.25) is 0 Å². The van der Waals surface area contributed by atoms with Crippen molar-refractivity contribution in [2.75, 3.05) is 6.67 Å². The van der Waals surface area contributed by atoms with Crippen LogP contribution in [0.15, 0.2) is 30.5 Å². The second-order valence-corrected chi connectivity index (χ2v) is 3.15. The van der Waals surface area contributed by atoms with Crippen LogP contribution in [0.1, 0.15) is 12.0 Å². The van der Waals surface area contributed by atoms with Crippen molar-refractivity contribution in [1.29, 1.82) is 0 Å². The summed E-state index contributed by atoms with van der Waals surface area (Å²) in [5, 5.41) is 1.22. The van der Waals surface area contributed by atoms with Crippen molar-refractivity contribution in [1.82, 2.24) is 4.98 Å². The van der Waals surface area contributed by atoms with Gasteiger partial charge in [-0.15, -0.1) is 0 Å². The van der Waals surface area contributed by atoms with E-state index in [4.69, 9.17) is 0 Å². The van der Waals surface area contributed by atoms with Gasteiger partial charge >= 0.3 is 0 Å². The molecule has 0 unspecified atom stereocenters. The third-order valence-electron chi connectivity index (χ3n) is 2.25. The summed E-state index contributed by atoms with van der Waals surface area (Å²) in [5.41, 5.74) is 2.35. The van der Waals surface area contributed by atoms with Gasteiger partial charge in [-0.3, -0.25) is 4.39 Å². The van der Waals surface area contributed by atoms with E-state index in [-0.39, 0.29) is 6.67 Å². The molecule has 1 N–H and O–H groups in total. The van der Waals surface area contributed by atoms with Crippen LogP contribution in [-0.2, 0) is 6.42 Å². The molecule has 0 saturated carbocycles. The number of hydrogen-bond acceptors (Lipinski definition) is 0. The number of fused-ring (bicyclic) bond motifs is 1. The summed E-state index contributed by atoms with van der Waals surface area (Å²) in [7, 11) is 0. The Bertz CT molecular complexity index is 392. The quantitative estimate of drug-likeness (QED) is 0.741. The van der Waals surface area contributed by atoms with E-state index in [0.29, 0.717) is 6.42 Å². The number of nitrogens with one attached hydrogen (secondary N) is 1. The number of halogens is 1. The third kappa shape index (κ3) is 1.57. The van der Waals surface area contributed by atoms with Crippen molar-refractivity contribution in [2.24, 2.45) is 0 Å². The first-order valence-electron chi connectivity index (χ1n) is 4.53. The lowest BCUT2D eigenvalue weighted by Gasteiger charge is -1.94. The van der Waals surface area contributed by atoms with Gasteiger partial charge in [0.15, 0.2) is 0 Å². The molecule has 1 aromatic heterocycles. The highest BCUT2D eigenvalue weighted by atomic mass is 19.1. The van der Waals surface area contributed by atoms with E-state index >= 15 is 0 Å². The minimum absolute atomic E-state index is 0.237. The molecule has 68 valence electrons. The average molecular weight is 177 g/mol. The number of H-pyrrole nitrogens is 1. The Morgan fingerprint density at radius 2 is 2.08 bits per heavy atom. The van der Waals surface area contributed by atoms with E-state index in [9.17, 15) is 4.39 Å². The van der Waals surface area contributed by atoms with Gasteiger partial charge in [0.25, 0.3) is 0 Å². The number of rotatable bonds is 3. The summed E-state index contributed by atoms with van der Waals surface area (Å²) in [6.45, 7) is -0.237. The number of aromatic nitrogens is 1. The Kier molecular flexibility index (Phi) is 2.30. The van der Waals surface area contributed by atoms with E-state index in [1.165, 1.54) is 10.9 Å². The molecule has 1 nitrogen and oxygen atoms in total. The van der Waals surface area contributed by atoms with Crippen molar-refractivity contribution in [3.8, 4) is 0 Å². The molecule has 0 atom stereocenters. The molecule has 1 heterocycles. The van der Waals surface area contributed by atoms with Crippen LogP contribution < -0.4 is 0 Å². The van der Waals surface area contributed by atoms with E-state index < -0.39 is 0 Å². The normalized spacial score (nSPS) is 10.8. The van der Waals surface area contributed by atoms with Gasteiger partial charge < -0.3 is 4.98 Å². The largest absolute Gasteiger partial charge is 0.361 e. The van der Waals surface area contributed by atoms with E-state index in [2.05, 4.69) is 11.1 Å². The molecule has 0 aliphatic rings.